The molecule has 2 rings (SSSR count). The summed E-state index contributed by atoms with van der Waals surface area (Å²) in [6.07, 6.45) is 10.8. The zero-order valence-electron chi connectivity index (χ0n) is 11.3. The lowest BCUT2D eigenvalue weighted by Gasteiger charge is -2.07. The number of rotatable bonds is 2. The molecular weight excluding hydrogens is 236 g/mol. The molecule has 0 saturated carbocycles. The second-order valence-electron chi connectivity index (χ2n) is 4.08. The number of allylic oxidation sites excluding steroid dienone is 2. The van der Waals surface area contributed by atoms with Gasteiger partial charge in [0.2, 0.25) is 5.96 Å². The van der Waals surface area contributed by atoms with Crippen molar-refractivity contribution in [3.8, 4) is 0 Å². The number of hydrogen-bond acceptors (Lipinski definition) is 4. The summed E-state index contributed by atoms with van der Waals surface area (Å²) in [7, 11) is 0. The Bertz CT molecular complexity index is 639. The zero-order chi connectivity index (χ0) is 13.5. The van der Waals surface area contributed by atoms with Crippen molar-refractivity contribution in [2.75, 3.05) is 11.9 Å². The van der Waals surface area contributed by atoms with Crippen molar-refractivity contribution in [3.63, 3.8) is 0 Å². The molecule has 1 aromatic rings. The average Bonchev–Trinajstić information content (AvgIpc) is 2.46. The third-order valence-electron chi connectivity index (χ3n) is 2.69. The van der Waals surface area contributed by atoms with Crippen molar-refractivity contribution in [1.29, 1.82) is 0 Å². The molecule has 98 valence electrons. The van der Waals surface area contributed by atoms with Gasteiger partial charge in [-0.05, 0) is 37.3 Å². The average molecular weight is 254 g/mol. The van der Waals surface area contributed by atoms with Gasteiger partial charge in [-0.3, -0.25) is 4.99 Å². The third-order valence-corrected chi connectivity index (χ3v) is 2.69. The quantitative estimate of drug-likeness (QED) is 0.869. The van der Waals surface area contributed by atoms with E-state index in [1.54, 1.807) is 0 Å². The molecule has 2 heterocycles. The SMILES string of the molecule is C\C=C/C=c1/nc(NC2=NCCC=N2)cc/c1=C/C. The Labute approximate surface area is 113 Å². The van der Waals surface area contributed by atoms with Crippen molar-refractivity contribution in [1.82, 2.24) is 4.98 Å². The summed E-state index contributed by atoms with van der Waals surface area (Å²) in [4.78, 5) is 13.1. The van der Waals surface area contributed by atoms with Crippen LogP contribution >= 0.6 is 0 Å². The van der Waals surface area contributed by atoms with Crippen LogP contribution in [0.3, 0.4) is 0 Å². The fourth-order valence-corrected chi connectivity index (χ4v) is 1.73. The van der Waals surface area contributed by atoms with Crippen LogP contribution in [0.25, 0.3) is 12.2 Å². The summed E-state index contributed by atoms with van der Waals surface area (Å²) in [6.45, 7) is 4.77. The van der Waals surface area contributed by atoms with Gasteiger partial charge >= 0.3 is 0 Å². The van der Waals surface area contributed by atoms with Gasteiger partial charge in [0.1, 0.15) is 5.82 Å². The van der Waals surface area contributed by atoms with Gasteiger partial charge in [-0.25, -0.2) is 9.98 Å². The first-order valence-electron chi connectivity index (χ1n) is 6.44. The van der Waals surface area contributed by atoms with Gasteiger partial charge < -0.3 is 5.32 Å². The Hall–Kier alpha value is -2.23. The second-order valence-corrected chi connectivity index (χ2v) is 4.08. The molecule has 0 atom stereocenters. The van der Waals surface area contributed by atoms with Gasteiger partial charge in [-0.2, -0.15) is 0 Å². The number of hydrogen-bond donors (Lipinski definition) is 1. The molecule has 0 amide bonds. The molecule has 4 heteroatoms. The van der Waals surface area contributed by atoms with Gasteiger partial charge in [-0.15, -0.1) is 0 Å². The third kappa shape index (κ3) is 3.61. The van der Waals surface area contributed by atoms with Gasteiger partial charge in [0, 0.05) is 19.2 Å². The van der Waals surface area contributed by atoms with E-state index in [1.165, 1.54) is 0 Å². The molecule has 0 aliphatic carbocycles. The van der Waals surface area contributed by atoms with E-state index in [1.807, 2.05) is 56.5 Å². The highest BCUT2D eigenvalue weighted by Crippen LogP contribution is 1.99. The minimum absolute atomic E-state index is 0.629. The molecule has 0 fully saturated rings. The summed E-state index contributed by atoms with van der Waals surface area (Å²) in [6, 6.07) is 3.98. The van der Waals surface area contributed by atoms with E-state index in [2.05, 4.69) is 20.3 Å². The van der Waals surface area contributed by atoms with Crippen molar-refractivity contribution >= 4 is 30.1 Å². The predicted octanol–water partition coefficient (Wildman–Crippen LogP) is 1.48. The van der Waals surface area contributed by atoms with Crippen LogP contribution in [0.5, 0.6) is 0 Å². The highest BCUT2D eigenvalue weighted by molar-refractivity contribution is 5.98. The van der Waals surface area contributed by atoms with E-state index < -0.39 is 0 Å². The van der Waals surface area contributed by atoms with E-state index in [0.29, 0.717) is 5.96 Å². The van der Waals surface area contributed by atoms with Crippen LogP contribution in [-0.2, 0) is 0 Å². The number of aromatic nitrogens is 1. The Morgan fingerprint density at radius 2 is 2.16 bits per heavy atom. The molecule has 1 N–H and O–H groups in total. The Morgan fingerprint density at radius 1 is 1.26 bits per heavy atom. The van der Waals surface area contributed by atoms with E-state index >= 15 is 0 Å². The summed E-state index contributed by atoms with van der Waals surface area (Å²) in [5.74, 6) is 1.39. The van der Waals surface area contributed by atoms with E-state index in [0.717, 1.165) is 29.4 Å². The number of anilines is 1. The first-order chi connectivity index (χ1) is 9.33. The number of pyridine rings is 1. The molecule has 1 aliphatic rings. The lowest BCUT2D eigenvalue weighted by atomic mass is 10.3. The smallest absolute Gasteiger partial charge is 0.223 e. The molecule has 0 aromatic carbocycles. The maximum atomic E-state index is 4.57. The van der Waals surface area contributed by atoms with Crippen LogP contribution in [0.1, 0.15) is 20.3 Å². The van der Waals surface area contributed by atoms with Crippen LogP contribution < -0.4 is 15.9 Å². The van der Waals surface area contributed by atoms with Crippen LogP contribution in [0.15, 0.2) is 34.3 Å². The summed E-state index contributed by atoms with van der Waals surface area (Å²) < 4.78 is 0. The van der Waals surface area contributed by atoms with Crippen molar-refractivity contribution in [2.24, 2.45) is 9.98 Å². The lowest BCUT2D eigenvalue weighted by molar-refractivity contribution is 1.03. The summed E-state index contributed by atoms with van der Waals surface area (Å²) in [5.41, 5.74) is 0. The van der Waals surface area contributed by atoms with Crippen LogP contribution in [0.4, 0.5) is 5.82 Å². The van der Waals surface area contributed by atoms with Gasteiger partial charge in [0.05, 0.1) is 5.35 Å². The largest absolute Gasteiger partial charge is 0.309 e. The normalized spacial score (nSPS) is 17.1. The number of aliphatic imine (C=N–C) groups is 2. The molecule has 0 spiro atoms. The van der Waals surface area contributed by atoms with Crippen LogP contribution in [-0.4, -0.2) is 23.7 Å². The predicted molar refractivity (Wildman–Crippen MR) is 81.9 cm³/mol. The minimum atomic E-state index is 0.629. The molecule has 1 aromatic heterocycles. The van der Waals surface area contributed by atoms with Crippen LogP contribution in [0, 0.1) is 0 Å². The van der Waals surface area contributed by atoms with Crippen molar-refractivity contribution in [3.05, 3.63) is 34.9 Å². The molecule has 0 unspecified atom stereocenters. The number of nitrogens with zero attached hydrogens (tertiary/aromatic N) is 3. The standard InChI is InChI=1S/C15H18N4/c1-3-5-7-13-12(4-2)8-9-14(18-13)19-15-16-10-6-11-17-15/h3-5,7-10H,6,11H2,1-2H3,(H,17,18,19)/b5-3-,12-4-,13-7+. The zero-order valence-corrected chi connectivity index (χ0v) is 11.3. The van der Waals surface area contributed by atoms with Crippen molar-refractivity contribution < 1.29 is 0 Å². The molecule has 4 nitrogen and oxygen atoms in total. The second kappa shape index (κ2) is 6.64. The highest BCUT2D eigenvalue weighted by atomic mass is 15.2. The lowest BCUT2D eigenvalue weighted by Crippen LogP contribution is -2.29. The minimum Gasteiger partial charge on any atom is -0.309 e. The maximum Gasteiger partial charge on any atom is 0.223 e. The first-order valence-corrected chi connectivity index (χ1v) is 6.44. The fourth-order valence-electron chi connectivity index (χ4n) is 1.73. The van der Waals surface area contributed by atoms with Crippen LogP contribution in [0.2, 0.25) is 0 Å². The van der Waals surface area contributed by atoms with Crippen molar-refractivity contribution in [2.45, 2.75) is 20.3 Å². The Kier molecular flexibility index (Phi) is 4.61. The first kappa shape index (κ1) is 13.2. The topological polar surface area (TPSA) is 49.6 Å². The van der Waals surface area contributed by atoms with Gasteiger partial charge in [0.15, 0.2) is 0 Å². The fraction of sp³-hybridized carbons (Fsp3) is 0.267. The molecule has 0 bridgehead atoms. The Balaban J connectivity index is 2.33. The molecule has 0 radical (unpaired) electrons. The summed E-state index contributed by atoms with van der Waals surface area (Å²) >= 11 is 0. The van der Waals surface area contributed by atoms with Gasteiger partial charge in [-0.1, -0.05) is 18.2 Å². The molecular formula is C15H18N4. The highest BCUT2D eigenvalue weighted by Gasteiger charge is 2.01. The maximum absolute atomic E-state index is 4.57. The molecule has 0 saturated heterocycles. The molecule has 1 aliphatic heterocycles. The Morgan fingerprint density at radius 3 is 2.84 bits per heavy atom. The number of guanidine groups is 1. The van der Waals surface area contributed by atoms with E-state index in [-0.39, 0.29) is 0 Å². The van der Waals surface area contributed by atoms with Gasteiger partial charge in [0.25, 0.3) is 0 Å². The molecule has 19 heavy (non-hydrogen) atoms. The number of nitrogens with one attached hydrogen (secondary N) is 1. The van der Waals surface area contributed by atoms with E-state index in [4.69, 9.17) is 0 Å². The monoisotopic (exact) mass is 254 g/mol. The summed E-state index contributed by atoms with van der Waals surface area (Å²) in [5, 5.41) is 5.18. The van der Waals surface area contributed by atoms with E-state index in [9.17, 15) is 0 Å².